The molecule has 0 amide bonds. The molecule has 0 radical (unpaired) electrons. The molecular weight excluding hydrogens is 202 g/mol. The number of ether oxygens (including phenoxy) is 1. The van der Waals surface area contributed by atoms with Crippen LogP contribution >= 0.6 is 0 Å². The lowest BCUT2D eigenvalue weighted by atomic mass is 10.2. The molecule has 3 nitrogen and oxygen atoms in total. The monoisotopic (exact) mass is 221 g/mol. The Bertz CT molecular complexity index is 330. The maximum atomic E-state index is 11.0. The third kappa shape index (κ3) is 4.34. The predicted octanol–water partition coefficient (Wildman–Crippen LogP) is 2.96. The molecule has 0 saturated carbocycles. The largest absolute Gasteiger partial charge is 0.461 e. The van der Waals surface area contributed by atoms with E-state index in [2.05, 4.69) is 19.2 Å². The molecular formula is C13H19NO2. The number of esters is 1. The molecule has 1 aromatic carbocycles. The summed E-state index contributed by atoms with van der Waals surface area (Å²) in [6, 6.07) is 8.34. The minimum Gasteiger partial charge on any atom is -0.461 e. The fourth-order valence-electron chi connectivity index (χ4n) is 1.30. The molecule has 0 spiro atoms. The van der Waals surface area contributed by atoms with Gasteiger partial charge in [-0.2, -0.15) is 0 Å². The van der Waals surface area contributed by atoms with E-state index in [1.165, 1.54) is 0 Å². The van der Waals surface area contributed by atoms with Crippen LogP contribution in [0.5, 0.6) is 0 Å². The summed E-state index contributed by atoms with van der Waals surface area (Å²) in [6.07, 6.45) is 0.424. The molecule has 1 N–H and O–H groups in total. The fourth-order valence-corrected chi connectivity index (χ4v) is 1.30. The van der Waals surface area contributed by atoms with Crippen molar-refractivity contribution in [2.45, 2.75) is 39.8 Å². The van der Waals surface area contributed by atoms with Crippen molar-refractivity contribution in [1.82, 2.24) is 0 Å². The van der Waals surface area contributed by atoms with E-state index >= 15 is 0 Å². The zero-order valence-electron chi connectivity index (χ0n) is 10.1. The number of carbonyl (C=O) groups excluding carboxylic acids is 1. The third-order valence-electron chi connectivity index (χ3n) is 2.10. The maximum Gasteiger partial charge on any atom is 0.305 e. The van der Waals surface area contributed by atoms with Crippen LogP contribution in [0.25, 0.3) is 0 Å². The maximum absolute atomic E-state index is 11.0. The van der Waals surface area contributed by atoms with Gasteiger partial charge in [0.2, 0.25) is 0 Å². The highest BCUT2D eigenvalue weighted by Crippen LogP contribution is 2.11. The van der Waals surface area contributed by atoms with Crippen molar-refractivity contribution in [1.29, 1.82) is 0 Å². The van der Waals surface area contributed by atoms with Crippen LogP contribution in [0.2, 0.25) is 0 Å². The molecule has 0 heterocycles. The summed E-state index contributed by atoms with van der Waals surface area (Å²) in [6.45, 7) is 6.33. The van der Waals surface area contributed by atoms with E-state index in [0.29, 0.717) is 19.1 Å². The van der Waals surface area contributed by atoms with E-state index in [1.54, 1.807) is 6.92 Å². The number of hydrogen-bond donors (Lipinski definition) is 1. The lowest BCUT2D eigenvalue weighted by Crippen LogP contribution is -2.09. The first-order valence-corrected chi connectivity index (χ1v) is 5.63. The summed E-state index contributed by atoms with van der Waals surface area (Å²) in [4.78, 5) is 11.0. The summed E-state index contributed by atoms with van der Waals surface area (Å²) in [5, 5.41) is 3.30. The normalized spacial score (nSPS) is 10.2. The van der Waals surface area contributed by atoms with Gasteiger partial charge in [-0.3, -0.25) is 4.79 Å². The number of rotatable bonds is 5. The van der Waals surface area contributed by atoms with Crippen molar-refractivity contribution >= 4 is 11.7 Å². The Labute approximate surface area is 96.8 Å². The van der Waals surface area contributed by atoms with Gasteiger partial charge in [-0.25, -0.2) is 0 Å². The van der Waals surface area contributed by atoms with Gasteiger partial charge >= 0.3 is 5.97 Å². The van der Waals surface area contributed by atoms with E-state index < -0.39 is 0 Å². The Hall–Kier alpha value is -1.51. The number of carbonyl (C=O) groups is 1. The first-order chi connectivity index (χ1) is 7.61. The molecule has 0 atom stereocenters. The van der Waals surface area contributed by atoms with Crippen LogP contribution in [0.15, 0.2) is 24.3 Å². The summed E-state index contributed by atoms with van der Waals surface area (Å²) in [7, 11) is 0. The van der Waals surface area contributed by atoms with Gasteiger partial charge in [0.25, 0.3) is 0 Å². The van der Waals surface area contributed by atoms with Crippen molar-refractivity contribution in [3.8, 4) is 0 Å². The highest BCUT2D eigenvalue weighted by atomic mass is 16.5. The average molecular weight is 221 g/mol. The lowest BCUT2D eigenvalue weighted by molar-refractivity contribution is -0.144. The Kier molecular flexibility index (Phi) is 4.83. The summed E-state index contributed by atoms with van der Waals surface area (Å²) >= 11 is 0. The van der Waals surface area contributed by atoms with E-state index in [0.717, 1.165) is 11.3 Å². The molecule has 1 rings (SSSR count). The number of nitrogens with one attached hydrogen (secondary N) is 1. The molecule has 0 unspecified atom stereocenters. The molecule has 16 heavy (non-hydrogen) atoms. The highest BCUT2D eigenvalue weighted by molar-refractivity contribution is 5.68. The van der Waals surface area contributed by atoms with Gasteiger partial charge in [-0.1, -0.05) is 19.1 Å². The quantitative estimate of drug-likeness (QED) is 0.777. The zero-order valence-corrected chi connectivity index (χ0v) is 10.1. The van der Waals surface area contributed by atoms with Gasteiger partial charge in [0, 0.05) is 18.2 Å². The molecule has 0 fully saturated rings. The Morgan fingerprint density at radius 3 is 2.44 bits per heavy atom. The van der Waals surface area contributed by atoms with Crippen LogP contribution in [0.3, 0.4) is 0 Å². The van der Waals surface area contributed by atoms with Crippen LogP contribution < -0.4 is 5.32 Å². The summed E-state index contributed by atoms with van der Waals surface area (Å²) < 4.78 is 5.04. The van der Waals surface area contributed by atoms with Gasteiger partial charge in [-0.15, -0.1) is 0 Å². The smallest absolute Gasteiger partial charge is 0.305 e. The van der Waals surface area contributed by atoms with Crippen molar-refractivity contribution in [2.24, 2.45) is 0 Å². The van der Waals surface area contributed by atoms with Crippen molar-refractivity contribution in [3.63, 3.8) is 0 Å². The van der Waals surface area contributed by atoms with Gasteiger partial charge in [0.1, 0.15) is 6.61 Å². The summed E-state index contributed by atoms with van der Waals surface area (Å²) in [5.41, 5.74) is 2.09. The van der Waals surface area contributed by atoms with Gasteiger partial charge in [0.15, 0.2) is 0 Å². The van der Waals surface area contributed by atoms with Crippen LogP contribution in [-0.2, 0) is 16.1 Å². The number of benzene rings is 1. The minimum absolute atomic E-state index is 0.163. The molecule has 0 aliphatic carbocycles. The second-order valence-corrected chi connectivity index (χ2v) is 4.01. The second kappa shape index (κ2) is 6.16. The van der Waals surface area contributed by atoms with Crippen LogP contribution in [-0.4, -0.2) is 12.0 Å². The molecule has 0 aliphatic heterocycles. The molecule has 0 saturated heterocycles. The van der Waals surface area contributed by atoms with E-state index in [-0.39, 0.29) is 5.97 Å². The molecule has 0 aromatic heterocycles. The third-order valence-corrected chi connectivity index (χ3v) is 2.10. The minimum atomic E-state index is -0.163. The Morgan fingerprint density at radius 2 is 1.94 bits per heavy atom. The topological polar surface area (TPSA) is 38.3 Å². The van der Waals surface area contributed by atoms with Crippen LogP contribution in [0.4, 0.5) is 5.69 Å². The predicted molar refractivity (Wildman–Crippen MR) is 65.3 cm³/mol. The fraction of sp³-hybridized carbons (Fsp3) is 0.462. The first-order valence-electron chi connectivity index (χ1n) is 5.63. The van der Waals surface area contributed by atoms with Crippen LogP contribution in [0, 0.1) is 0 Å². The molecule has 88 valence electrons. The van der Waals surface area contributed by atoms with E-state index in [9.17, 15) is 4.79 Å². The Morgan fingerprint density at radius 1 is 1.31 bits per heavy atom. The number of hydrogen-bond acceptors (Lipinski definition) is 3. The zero-order chi connectivity index (χ0) is 12.0. The van der Waals surface area contributed by atoms with E-state index in [1.807, 2.05) is 24.3 Å². The van der Waals surface area contributed by atoms with Crippen molar-refractivity contribution in [2.75, 3.05) is 5.32 Å². The molecule has 1 aromatic rings. The summed E-state index contributed by atoms with van der Waals surface area (Å²) in [5.74, 6) is -0.163. The first kappa shape index (κ1) is 12.6. The standard InChI is InChI=1S/C13H19NO2/c1-4-13(15)16-9-11-5-7-12(8-6-11)14-10(2)3/h5-8,10,14H,4,9H2,1-3H3. The highest BCUT2D eigenvalue weighted by Gasteiger charge is 2.00. The van der Waals surface area contributed by atoms with Crippen molar-refractivity contribution < 1.29 is 9.53 Å². The molecule has 0 aliphatic rings. The number of anilines is 1. The van der Waals surface area contributed by atoms with E-state index in [4.69, 9.17) is 4.74 Å². The van der Waals surface area contributed by atoms with Gasteiger partial charge in [0.05, 0.1) is 0 Å². The molecule has 0 bridgehead atoms. The SMILES string of the molecule is CCC(=O)OCc1ccc(NC(C)C)cc1. The molecule has 3 heteroatoms. The van der Waals surface area contributed by atoms with Crippen LogP contribution in [0.1, 0.15) is 32.8 Å². The Balaban J connectivity index is 2.48. The second-order valence-electron chi connectivity index (χ2n) is 4.01. The van der Waals surface area contributed by atoms with Gasteiger partial charge in [-0.05, 0) is 31.5 Å². The lowest BCUT2D eigenvalue weighted by Gasteiger charge is -2.10. The van der Waals surface area contributed by atoms with Gasteiger partial charge < -0.3 is 10.1 Å². The van der Waals surface area contributed by atoms with Crippen molar-refractivity contribution in [3.05, 3.63) is 29.8 Å². The average Bonchev–Trinajstić information content (AvgIpc) is 2.27.